The van der Waals surface area contributed by atoms with E-state index < -0.39 is 0 Å². The Hall–Kier alpha value is -0.990. The Labute approximate surface area is 94.9 Å². The van der Waals surface area contributed by atoms with Gasteiger partial charge in [0.25, 0.3) is 0 Å². The van der Waals surface area contributed by atoms with Gasteiger partial charge in [-0.3, -0.25) is 0 Å². The van der Waals surface area contributed by atoms with Gasteiger partial charge in [-0.25, -0.2) is 0 Å². The number of rotatable bonds is 4. The van der Waals surface area contributed by atoms with E-state index in [0.29, 0.717) is 11.6 Å². The zero-order valence-corrected chi connectivity index (χ0v) is 9.31. The minimum atomic E-state index is 0.638. The average Bonchev–Trinajstić information content (AvgIpc) is 2.64. The molecule has 0 aliphatic carbocycles. The van der Waals surface area contributed by atoms with Gasteiger partial charge in [0.05, 0.1) is 6.61 Å². The molecule has 1 aliphatic rings. The maximum Gasteiger partial charge on any atom is 0.122 e. The summed E-state index contributed by atoms with van der Waals surface area (Å²) in [7, 11) is 0. The molecular weight excluding hydrogens is 210 g/mol. The Kier molecular flexibility index (Phi) is 3.29. The Morgan fingerprint density at radius 2 is 2.40 bits per heavy atom. The highest BCUT2D eigenvalue weighted by atomic mass is 35.5. The summed E-state index contributed by atoms with van der Waals surface area (Å²) >= 11 is 5.66. The van der Waals surface area contributed by atoms with E-state index in [1.54, 1.807) is 0 Å². The van der Waals surface area contributed by atoms with E-state index in [-0.39, 0.29) is 0 Å². The summed E-state index contributed by atoms with van der Waals surface area (Å²) in [6.45, 7) is 5.90. The lowest BCUT2D eigenvalue weighted by Gasteiger charge is -2.05. The van der Waals surface area contributed by atoms with Gasteiger partial charge in [-0.1, -0.05) is 30.3 Å². The van der Waals surface area contributed by atoms with E-state index in [4.69, 9.17) is 16.3 Å². The van der Waals surface area contributed by atoms with Crippen molar-refractivity contribution in [2.45, 2.75) is 13.0 Å². The second-order valence-electron chi connectivity index (χ2n) is 3.66. The summed E-state index contributed by atoms with van der Waals surface area (Å²) in [6.07, 6.45) is 1.02. The van der Waals surface area contributed by atoms with Crippen LogP contribution in [0.5, 0.6) is 5.75 Å². The summed E-state index contributed by atoms with van der Waals surface area (Å²) in [5.41, 5.74) is 2.57. The van der Waals surface area contributed by atoms with Gasteiger partial charge in [0, 0.05) is 24.5 Å². The number of hydrogen-bond acceptors (Lipinski definition) is 2. The second kappa shape index (κ2) is 4.69. The molecule has 0 saturated carbocycles. The monoisotopic (exact) mass is 223 g/mol. The molecule has 1 aromatic rings. The summed E-state index contributed by atoms with van der Waals surface area (Å²) in [6, 6.07) is 6.30. The van der Waals surface area contributed by atoms with E-state index >= 15 is 0 Å². The summed E-state index contributed by atoms with van der Waals surface area (Å²) in [5, 5.41) is 3.86. The number of nitrogens with one attached hydrogen (secondary N) is 1. The van der Waals surface area contributed by atoms with Crippen molar-refractivity contribution in [2.24, 2.45) is 0 Å². The number of hydrogen-bond donors (Lipinski definition) is 1. The molecule has 0 fully saturated rings. The number of fused-ring (bicyclic) bond motifs is 1. The highest BCUT2D eigenvalue weighted by molar-refractivity contribution is 6.29. The van der Waals surface area contributed by atoms with Crippen LogP contribution >= 0.6 is 11.6 Å². The van der Waals surface area contributed by atoms with E-state index in [9.17, 15) is 0 Å². The standard InChI is InChI=1S/C12H14ClNO/c1-9(13)7-14-8-10-2-3-12-11(6-10)4-5-15-12/h2-3,6,14H,1,4-5,7-8H2. The quantitative estimate of drug-likeness (QED) is 0.847. The molecule has 3 heteroatoms. The molecule has 0 spiro atoms. The largest absolute Gasteiger partial charge is 0.493 e. The minimum absolute atomic E-state index is 0.638. The first-order valence-electron chi connectivity index (χ1n) is 5.04. The highest BCUT2D eigenvalue weighted by Gasteiger charge is 2.11. The van der Waals surface area contributed by atoms with Gasteiger partial charge in [-0.2, -0.15) is 0 Å². The third-order valence-electron chi connectivity index (χ3n) is 2.40. The Bertz CT molecular complexity index is 376. The van der Waals surface area contributed by atoms with Crippen LogP contribution in [0, 0.1) is 0 Å². The topological polar surface area (TPSA) is 21.3 Å². The van der Waals surface area contributed by atoms with Crippen LogP contribution in [-0.4, -0.2) is 13.2 Å². The molecule has 0 bridgehead atoms. The van der Waals surface area contributed by atoms with Gasteiger partial charge >= 0.3 is 0 Å². The van der Waals surface area contributed by atoms with Crippen LogP contribution in [0.15, 0.2) is 29.8 Å². The van der Waals surface area contributed by atoms with E-state index in [1.165, 1.54) is 11.1 Å². The molecule has 0 amide bonds. The first-order chi connectivity index (χ1) is 7.25. The maximum atomic E-state index is 5.66. The lowest BCUT2D eigenvalue weighted by Crippen LogP contribution is -2.14. The molecular formula is C12H14ClNO. The molecule has 0 radical (unpaired) electrons. The summed E-state index contributed by atoms with van der Waals surface area (Å²) < 4.78 is 5.44. The second-order valence-corrected chi connectivity index (χ2v) is 4.20. The third kappa shape index (κ3) is 2.74. The fourth-order valence-electron chi connectivity index (χ4n) is 1.69. The fraction of sp³-hybridized carbons (Fsp3) is 0.333. The van der Waals surface area contributed by atoms with Crippen LogP contribution in [-0.2, 0) is 13.0 Å². The first kappa shape index (κ1) is 10.5. The van der Waals surface area contributed by atoms with Crippen molar-refractivity contribution in [3.8, 4) is 5.75 Å². The molecule has 1 aromatic carbocycles. The van der Waals surface area contributed by atoms with Crippen molar-refractivity contribution in [1.82, 2.24) is 5.32 Å². The van der Waals surface area contributed by atoms with Gasteiger partial charge in [-0.05, 0) is 17.2 Å². The van der Waals surface area contributed by atoms with Gasteiger partial charge in [0.15, 0.2) is 0 Å². The molecule has 2 nitrogen and oxygen atoms in total. The SMILES string of the molecule is C=C(Cl)CNCc1ccc2c(c1)CCO2. The van der Waals surface area contributed by atoms with Crippen molar-refractivity contribution >= 4 is 11.6 Å². The van der Waals surface area contributed by atoms with Crippen molar-refractivity contribution in [3.05, 3.63) is 40.9 Å². The fourth-order valence-corrected chi connectivity index (χ4v) is 1.79. The molecule has 0 saturated heterocycles. The Balaban J connectivity index is 1.95. The predicted molar refractivity (Wildman–Crippen MR) is 62.3 cm³/mol. The van der Waals surface area contributed by atoms with Crippen LogP contribution in [0.3, 0.4) is 0 Å². The van der Waals surface area contributed by atoms with Crippen molar-refractivity contribution in [1.29, 1.82) is 0 Å². The number of ether oxygens (including phenoxy) is 1. The predicted octanol–water partition coefficient (Wildman–Crippen LogP) is 2.46. The van der Waals surface area contributed by atoms with Gasteiger partial charge in [0.2, 0.25) is 0 Å². The van der Waals surface area contributed by atoms with Crippen molar-refractivity contribution < 1.29 is 4.74 Å². The van der Waals surface area contributed by atoms with Crippen LogP contribution in [0.25, 0.3) is 0 Å². The van der Waals surface area contributed by atoms with Gasteiger partial charge < -0.3 is 10.1 Å². The highest BCUT2D eigenvalue weighted by Crippen LogP contribution is 2.25. The smallest absolute Gasteiger partial charge is 0.122 e. The summed E-state index contributed by atoms with van der Waals surface area (Å²) in [5.74, 6) is 1.03. The molecule has 0 aromatic heterocycles. The zero-order chi connectivity index (χ0) is 10.7. The van der Waals surface area contributed by atoms with Crippen molar-refractivity contribution in [3.63, 3.8) is 0 Å². The average molecular weight is 224 g/mol. The third-order valence-corrected chi connectivity index (χ3v) is 2.53. The molecule has 1 aliphatic heterocycles. The molecule has 80 valence electrons. The van der Waals surface area contributed by atoms with E-state index in [1.807, 2.05) is 6.07 Å². The zero-order valence-electron chi connectivity index (χ0n) is 8.55. The lowest BCUT2D eigenvalue weighted by atomic mass is 10.1. The molecule has 1 N–H and O–H groups in total. The Morgan fingerprint density at radius 1 is 1.53 bits per heavy atom. The normalized spacial score (nSPS) is 13.4. The molecule has 2 rings (SSSR count). The molecule has 15 heavy (non-hydrogen) atoms. The van der Waals surface area contributed by atoms with E-state index in [2.05, 4.69) is 24.0 Å². The maximum absolute atomic E-state index is 5.66. The van der Waals surface area contributed by atoms with E-state index in [0.717, 1.165) is 25.3 Å². The first-order valence-corrected chi connectivity index (χ1v) is 5.42. The van der Waals surface area contributed by atoms with Crippen molar-refractivity contribution in [2.75, 3.05) is 13.2 Å². The Morgan fingerprint density at radius 3 is 3.20 bits per heavy atom. The molecule has 0 unspecified atom stereocenters. The van der Waals surface area contributed by atoms with Crippen LogP contribution < -0.4 is 10.1 Å². The minimum Gasteiger partial charge on any atom is -0.493 e. The van der Waals surface area contributed by atoms with Gasteiger partial charge in [-0.15, -0.1) is 0 Å². The number of halogens is 1. The van der Waals surface area contributed by atoms with Crippen LogP contribution in [0.4, 0.5) is 0 Å². The number of benzene rings is 1. The molecule has 0 atom stereocenters. The lowest BCUT2D eigenvalue weighted by molar-refractivity contribution is 0.357. The van der Waals surface area contributed by atoms with Crippen LogP contribution in [0.1, 0.15) is 11.1 Å². The molecule has 1 heterocycles. The summed E-state index contributed by atoms with van der Waals surface area (Å²) in [4.78, 5) is 0. The van der Waals surface area contributed by atoms with Gasteiger partial charge in [0.1, 0.15) is 5.75 Å². The van der Waals surface area contributed by atoms with Crippen LogP contribution in [0.2, 0.25) is 0 Å².